The van der Waals surface area contributed by atoms with E-state index in [-0.39, 0.29) is 17.9 Å². The lowest BCUT2D eigenvalue weighted by molar-refractivity contribution is -0.126. The summed E-state index contributed by atoms with van der Waals surface area (Å²) in [5.74, 6) is 6.16. The molecule has 23 heavy (non-hydrogen) atoms. The molecule has 2 heterocycles. The van der Waals surface area contributed by atoms with Crippen molar-refractivity contribution < 1.29 is 9.59 Å². The summed E-state index contributed by atoms with van der Waals surface area (Å²) in [7, 11) is 0. The standard InChI is InChI=1S/C17H24N4O2/c1-4-5-17(23)20-10-7-14(8-11-20)21-15(6-9-18-21)19-16(22)12-13(2)3/h6,9,13-14H,7-8,10-12H2,1-3H3,(H,19,22). The minimum absolute atomic E-state index is 0.00702. The van der Waals surface area contributed by atoms with Crippen LogP contribution in [0.15, 0.2) is 12.3 Å². The molecule has 2 amide bonds. The average molecular weight is 316 g/mol. The molecule has 1 aliphatic rings. The molecular weight excluding hydrogens is 292 g/mol. The van der Waals surface area contributed by atoms with Crippen LogP contribution in [0.5, 0.6) is 0 Å². The molecule has 2 rings (SSSR count). The van der Waals surface area contributed by atoms with E-state index in [9.17, 15) is 9.59 Å². The van der Waals surface area contributed by atoms with E-state index < -0.39 is 0 Å². The van der Waals surface area contributed by atoms with Gasteiger partial charge in [0.05, 0.1) is 12.2 Å². The van der Waals surface area contributed by atoms with Gasteiger partial charge in [0, 0.05) is 25.6 Å². The number of hydrogen-bond acceptors (Lipinski definition) is 3. The highest BCUT2D eigenvalue weighted by Crippen LogP contribution is 2.25. The van der Waals surface area contributed by atoms with Crippen molar-refractivity contribution in [2.24, 2.45) is 5.92 Å². The van der Waals surface area contributed by atoms with E-state index in [2.05, 4.69) is 22.3 Å². The van der Waals surface area contributed by atoms with Gasteiger partial charge >= 0.3 is 0 Å². The molecule has 1 N–H and O–H groups in total. The Morgan fingerprint density at radius 3 is 2.70 bits per heavy atom. The number of nitrogens with one attached hydrogen (secondary N) is 1. The number of carbonyl (C=O) groups excluding carboxylic acids is 2. The molecule has 0 aromatic carbocycles. The molecule has 0 aliphatic carbocycles. The summed E-state index contributed by atoms with van der Waals surface area (Å²) in [6, 6.07) is 2.01. The van der Waals surface area contributed by atoms with Crippen molar-refractivity contribution in [3.8, 4) is 11.8 Å². The molecular formula is C17H24N4O2. The Morgan fingerprint density at radius 1 is 1.39 bits per heavy atom. The van der Waals surface area contributed by atoms with Crippen molar-refractivity contribution in [3.05, 3.63) is 12.3 Å². The lowest BCUT2D eigenvalue weighted by Crippen LogP contribution is -2.38. The van der Waals surface area contributed by atoms with Crippen molar-refractivity contribution in [2.75, 3.05) is 18.4 Å². The van der Waals surface area contributed by atoms with Gasteiger partial charge in [-0.2, -0.15) is 5.10 Å². The lowest BCUT2D eigenvalue weighted by Gasteiger charge is -2.31. The van der Waals surface area contributed by atoms with Crippen molar-refractivity contribution in [3.63, 3.8) is 0 Å². The summed E-state index contributed by atoms with van der Waals surface area (Å²) in [5, 5.41) is 7.28. The second-order valence-corrected chi connectivity index (χ2v) is 6.21. The predicted molar refractivity (Wildman–Crippen MR) is 88.6 cm³/mol. The summed E-state index contributed by atoms with van der Waals surface area (Å²) in [6.45, 7) is 7.03. The summed E-state index contributed by atoms with van der Waals surface area (Å²) < 4.78 is 1.87. The van der Waals surface area contributed by atoms with Gasteiger partial charge in [0.25, 0.3) is 5.91 Å². The third-order valence-electron chi connectivity index (χ3n) is 3.86. The average Bonchev–Trinajstić information content (AvgIpc) is 2.94. The van der Waals surface area contributed by atoms with Gasteiger partial charge in [0.2, 0.25) is 5.91 Å². The summed E-state index contributed by atoms with van der Waals surface area (Å²) in [5.41, 5.74) is 0. The van der Waals surface area contributed by atoms with E-state index in [0.29, 0.717) is 25.4 Å². The molecule has 124 valence electrons. The Morgan fingerprint density at radius 2 is 2.09 bits per heavy atom. The molecule has 1 aromatic rings. The molecule has 1 aliphatic heterocycles. The van der Waals surface area contributed by atoms with Gasteiger partial charge in [-0.1, -0.05) is 19.8 Å². The van der Waals surface area contributed by atoms with E-state index in [1.807, 2.05) is 24.6 Å². The van der Waals surface area contributed by atoms with Crippen molar-refractivity contribution in [1.29, 1.82) is 0 Å². The normalized spacial score (nSPS) is 15.2. The fraction of sp³-hybridized carbons (Fsp3) is 0.588. The Bertz CT molecular complexity index is 616. The number of hydrogen-bond donors (Lipinski definition) is 1. The van der Waals surface area contributed by atoms with Crippen LogP contribution >= 0.6 is 0 Å². The maximum absolute atomic E-state index is 11.9. The third kappa shape index (κ3) is 4.59. The minimum Gasteiger partial charge on any atom is -0.332 e. The van der Waals surface area contributed by atoms with Crippen molar-refractivity contribution in [1.82, 2.24) is 14.7 Å². The second kappa shape index (κ2) is 7.82. The lowest BCUT2D eigenvalue weighted by atomic mass is 10.1. The largest absolute Gasteiger partial charge is 0.332 e. The molecule has 6 heteroatoms. The number of carbonyl (C=O) groups is 2. The molecule has 0 spiro atoms. The van der Waals surface area contributed by atoms with E-state index in [4.69, 9.17) is 0 Å². The Labute approximate surface area is 137 Å². The van der Waals surface area contributed by atoms with Crippen LogP contribution in [0.4, 0.5) is 5.82 Å². The first kappa shape index (κ1) is 17.1. The number of likely N-dealkylation sites (tertiary alicyclic amines) is 1. The molecule has 0 unspecified atom stereocenters. The van der Waals surface area contributed by atoms with Crippen LogP contribution in [0, 0.1) is 17.8 Å². The van der Waals surface area contributed by atoms with E-state index in [1.54, 1.807) is 18.0 Å². The van der Waals surface area contributed by atoms with E-state index in [0.717, 1.165) is 18.7 Å². The number of rotatable bonds is 4. The van der Waals surface area contributed by atoms with Crippen LogP contribution in [-0.2, 0) is 9.59 Å². The van der Waals surface area contributed by atoms with Crippen LogP contribution in [0.2, 0.25) is 0 Å². The highest BCUT2D eigenvalue weighted by Gasteiger charge is 2.25. The van der Waals surface area contributed by atoms with Crippen LogP contribution < -0.4 is 5.32 Å². The second-order valence-electron chi connectivity index (χ2n) is 6.21. The van der Waals surface area contributed by atoms with Gasteiger partial charge < -0.3 is 10.2 Å². The predicted octanol–water partition coefficient (Wildman–Crippen LogP) is 2.05. The highest BCUT2D eigenvalue weighted by atomic mass is 16.2. The molecule has 1 aromatic heterocycles. The van der Waals surface area contributed by atoms with Crippen LogP contribution in [0.1, 0.15) is 46.1 Å². The van der Waals surface area contributed by atoms with Crippen LogP contribution in [0.25, 0.3) is 0 Å². The van der Waals surface area contributed by atoms with Crippen LogP contribution in [0.3, 0.4) is 0 Å². The zero-order valence-corrected chi connectivity index (χ0v) is 14.0. The third-order valence-corrected chi connectivity index (χ3v) is 3.86. The van der Waals surface area contributed by atoms with Gasteiger partial charge in [0.1, 0.15) is 5.82 Å². The summed E-state index contributed by atoms with van der Waals surface area (Å²) in [4.78, 5) is 25.5. The zero-order valence-electron chi connectivity index (χ0n) is 14.0. The number of aromatic nitrogens is 2. The maximum Gasteiger partial charge on any atom is 0.298 e. The molecule has 0 bridgehead atoms. The zero-order chi connectivity index (χ0) is 16.8. The smallest absolute Gasteiger partial charge is 0.298 e. The fourth-order valence-electron chi connectivity index (χ4n) is 2.77. The first-order chi connectivity index (χ1) is 11.0. The SMILES string of the molecule is CC#CC(=O)N1CCC(n2nccc2NC(=O)CC(C)C)CC1. The van der Waals surface area contributed by atoms with Crippen molar-refractivity contribution in [2.45, 2.75) is 46.1 Å². The van der Waals surface area contributed by atoms with Gasteiger partial charge in [-0.05, 0) is 31.6 Å². The Hall–Kier alpha value is -2.29. The topological polar surface area (TPSA) is 67.2 Å². The molecule has 0 atom stereocenters. The number of piperidine rings is 1. The Balaban J connectivity index is 1.96. The van der Waals surface area contributed by atoms with E-state index in [1.165, 1.54) is 0 Å². The molecule has 1 saturated heterocycles. The summed E-state index contributed by atoms with van der Waals surface area (Å²) >= 11 is 0. The van der Waals surface area contributed by atoms with Gasteiger partial charge in [0.15, 0.2) is 0 Å². The number of amides is 2. The van der Waals surface area contributed by atoms with Crippen molar-refractivity contribution >= 4 is 17.6 Å². The van der Waals surface area contributed by atoms with Gasteiger partial charge in [-0.3, -0.25) is 9.59 Å². The van der Waals surface area contributed by atoms with Gasteiger partial charge in [-0.25, -0.2) is 4.68 Å². The monoisotopic (exact) mass is 316 g/mol. The quantitative estimate of drug-likeness (QED) is 0.865. The number of nitrogens with zero attached hydrogens (tertiary/aromatic N) is 3. The first-order valence-electron chi connectivity index (χ1n) is 8.06. The molecule has 0 radical (unpaired) electrons. The van der Waals surface area contributed by atoms with Gasteiger partial charge in [-0.15, -0.1) is 0 Å². The Kier molecular flexibility index (Phi) is 5.80. The molecule has 1 fully saturated rings. The number of anilines is 1. The van der Waals surface area contributed by atoms with Crippen LogP contribution in [-0.4, -0.2) is 39.6 Å². The summed E-state index contributed by atoms with van der Waals surface area (Å²) in [6.07, 6.45) is 3.82. The highest BCUT2D eigenvalue weighted by molar-refractivity contribution is 5.93. The molecule has 6 nitrogen and oxygen atoms in total. The van der Waals surface area contributed by atoms with E-state index >= 15 is 0 Å². The maximum atomic E-state index is 11.9. The first-order valence-corrected chi connectivity index (χ1v) is 8.06. The minimum atomic E-state index is -0.114. The molecule has 0 saturated carbocycles. The fourth-order valence-corrected chi connectivity index (χ4v) is 2.77.